The number of hydrogen-bond donors (Lipinski definition) is 3. The van der Waals surface area contributed by atoms with Gasteiger partial charge in [-0.05, 0) is 61.5 Å². The highest BCUT2D eigenvalue weighted by Gasteiger charge is 2.13. The predicted octanol–water partition coefficient (Wildman–Crippen LogP) is 4.03. The molecule has 0 saturated heterocycles. The van der Waals surface area contributed by atoms with Gasteiger partial charge < -0.3 is 15.4 Å². The SMILES string of the molecule is COc1cc(NC(=S)NC(=O)c2ccc(C)c(C)c2)ccc1NC(=O)C(C)C. The lowest BCUT2D eigenvalue weighted by Crippen LogP contribution is -2.34. The van der Waals surface area contributed by atoms with Crippen LogP contribution < -0.4 is 20.7 Å². The summed E-state index contributed by atoms with van der Waals surface area (Å²) < 4.78 is 5.34. The molecule has 0 atom stereocenters. The summed E-state index contributed by atoms with van der Waals surface area (Å²) in [6.45, 7) is 7.57. The van der Waals surface area contributed by atoms with Crippen LogP contribution in [0.15, 0.2) is 36.4 Å². The Labute approximate surface area is 170 Å². The molecule has 0 fully saturated rings. The van der Waals surface area contributed by atoms with Crippen molar-refractivity contribution in [2.45, 2.75) is 27.7 Å². The number of carbonyl (C=O) groups excluding carboxylic acids is 2. The Morgan fingerprint density at radius 2 is 1.71 bits per heavy atom. The van der Waals surface area contributed by atoms with Crippen LogP contribution in [0.25, 0.3) is 0 Å². The first-order chi connectivity index (χ1) is 13.2. The van der Waals surface area contributed by atoms with Gasteiger partial charge in [0.25, 0.3) is 5.91 Å². The van der Waals surface area contributed by atoms with E-state index >= 15 is 0 Å². The molecule has 28 heavy (non-hydrogen) atoms. The third-order valence-corrected chi connectivity index (χ3v) is 4.44. The van der Waals surface area contributed by atoms with Crippen LogP contribution in [0.1, 0.15) is 35.3 Å². The van der Waals surface area contributed by atoms with Crippen molar-refractivity contribution in [2.24, 2.45) is 5.92 Å². The molecule has 0 aliphatic carbocycles. The summed E-state index contributed by atoms with van der Waals surface area (Å²) in [6.07, 6.45) is 0. The van der Waals surface area contributed by atoms with E-state index in [1.165, 1.54) is 7.11 Å². The molecule has 0 unspecified atom stereocenters. The average molecular weight is 400 g/mol. The highest BCUT2D eigenvalue weighted by molar-refractivity contribution is 7.80. The first kappa shape index (κ1) is 21.4. The number of thiocarbonyl (C=S) groups is 1. The largest absolute Gasteiger partial charge is 0.494 e. The third-order valence-electron chi connectivity index (χ3n) is 4.24. The van der Waals surface area contributed by atoms with Crippen molar-refractivity contribution < 1.29 is 14.3 Å². The first-order valence-electron chi connectivity index (χ1n) is 8.89. The van der Waals surface area contributed by atoms with Gasteiger partial charge >= 0.3 is 0 Å². The Morgan fingerprint density at radius 3 is 2.32 bits per heavy atom. The Bertz CT molecular complexity index is 910. The molecular formula is C21H25N3O3S. The molecule has 0 saturated carbocycles. The fourth-order valence-electron chi connectivity index (χ4n) is 2.37. The fraction of sp³-hybridized carbons (Fsp3) is 0.286. The maximum absolute atomic E-state index is 12.4. The number of benzene rings is 2. The molecule has 0 radical (unpaired) electrons. The minimum absolute atomic E-state index is 0.102. The molecule has 0 bridgehead atoms. The fourth-order valence-corrected chi connectivity index (χ4v) is 2.58. The van der Waals surface area contributed by atoms with E-state index in [4.69, 9.17) is 17.0 Å². The summed E-state index contributed by atoms with van der Waals surface area (Å²) in [5.74, 6) is -0.0402. The van der Waals surface area contributed by atoms with Crippen LogP contribution in [-0.4, -0.2) is 24.0 Å². The first-order valence-corrected chi connectivity index (χ1v) is 9.30. The molecule has 2 aromatic carbocycles. The van der Waals surface area contributed by atoms with Gasteiger partial charge in [-0.2, -0.15) is 0 Å². The standard InChI is InChI=1S/C21H25N3O3S/c1-12(2)19(25)23-17-9-8-16(11-18(17)27-5)22-21(28)24-20(26)15-7-6-13(3)14(4)10-15/h6-12H,1-5H3,(H,23,25)(H2,22,24,26,28). The van der Waals surface area contributed by atoms with Crippen LogP contribution in [0, 0.1) is 19.8 Å². The number of nitrogens with one attached hydrogen (secondary N) is 3. The normalized spacial score (nSPS) is 10.4. The number of ether oxygens (including phenoxy) is 1. The number of methoxy groups -OCH3 is 1. The topological polar surface area (TPSA) is 79.5 Å². The van der Waals surface area contributed by atoms with E-state index < -0.39 is 0 Å². The van der Waals surface area contributed by atoms with Gasteiger partial charge in [0.15, 0.2) is 5.11 Å². The molecule has 3 N–H and O–H groups in total. The molecule has 2 rings (SSSR count). The molecule has 6 nitrogen and oxygen atoms in total. The van der Waals surface area contributed by atoms with Gasteiger partial charge in [-0.1, -0.05) is 19.9 Å². The number of rotatable bonds is 5. The predicted molar refractivity (Wildman–Crippen MR) is 116 cm³/mol. The second-order valence-electron chi connectivity index (χ2n) is 6.77. The summed E-state index contributed by atoms with van der Waals surface area (Å²) in [6, 6.07) is 10.6. The van der Waals surface area contributed by atoms with E-state index in [0.717, 1.165) is 11.1 Å². The minimum atomic E-state index is -0.284. The van der Waals surface area contributed by atoms with Crippen molar-refractivity contribution in [3.05, 3.63) is 53.1 Å². The van der Waals surface area contributed by atoms with Gasteiger partial charge in [0.1, 0.15) is 5.75 Å². The number of aryl methyl sites for hydroxylation is 2. The molecule has 148 valence electrons. The zero-order valence-corrected chi connectivity index (χ0v) is 17.5. The lowest BCUT2D eigenvalue weighted by molar-refractivity contribution is -0.118. The van der Waals surface area contributed by atoms with Crippen molar-refractivity contribution in [2.75, 3.05) is 17.7 Å². The summed E-state index contributed by atoms with van der Waals surface area (Å²) in [7, 11) is 1.52. The zero-order chi connectivity index (χ0) is 20.8. The van der Waals surface area contributed by atoms with Crippen molar-refractivity contribution in [1.82, 2.24) is 5.32 Å². The third kappa shape index (κ3) is 5.53. The van der Waals surface area contributed by atoms with Crippen molar-refractivity contribution in [1.29, 1.82) is 0 Å². The van der Waals surface area contributed by atoms with Crippen LogP contribution in [0.4, 0.5) is 11.4 Å². The summed E-state index contributed by atoms with van der Waals surface area (Å²) >= 11 is 5.23. The molecular weight excluding hydrogens is 374 g/mol. The van der Waals surface area contributed by atoms with Gasteiger partial charge in [-0.25, -0.2) is 0 Å². The average Bonchev–Trinajstić information content (AvgIpc) is 2.64. The van der Waals surface area contributed by atoms with Crippen molar-refractivity contribution in [3.63, 3.8) is 0 Å². The highest BCUT2D eigenvalue weighted by atomic mass is 32.1. The van der Waals surface area contributed by atoms with Crippen molar-refractivity contribution >= 4 is 40.5 Å². The second-order valence-corrected chi connectivity index (χ2v) is 7.17. The molecule has 0 aliphatic heterocycles. The molecule has 0 aliphatic rings. The Kier molecular flexibility index (Phi) is 7.12. The van der Waals surface area contributed by atoms with E-state index in [1.54, 1.807) is 24.3 Å². The Morgan fingerprint density at radius 1 is 1.00 bits per heavy atom. The number of amides is 2. The molecule has 2 aromatic rings. The van der Waals surface area contributed by atoms with Crippen LogP contribution in [0.5, 0.6) is 5.75 Å². The smallest absolute Gasteiger partial charge is 0.257 e. The second kappa shape index (κ2) is 9.32. The lowest BCUT2D eigenvalue weighted by atomic mass is 10.1. The monoisotopic (exact) mass is 399 g/mol. The van der Waals surface area contributed by atoms with Crippen LogP contribution in [-0.2, 0) is 4.79 Å². The molecule has 0 aromatic heterocycles. The van der Waals surface area contributed by atoms with Crippen LogP contribution in [0.3, 0.4) is 0 Å². The van der Waals surface area contributed by atoms with E-state index in [1.807, 2.05) is 39.8 Å². The van der Waals surface area contributed by atoms with Gasteiger partial charge in [0.2, 0.25) is 5.91 Å². The minimum Gasteiger partial charge on any atom is -0.494 e. The quantitative estimate of drug-likeness (QED) is 0.662. The maximum Gasteiger partial charge on any atom is 0.257 e. The highest BCUT2D eigenvalue weighted by Crippen LogP contribution is 2.28. The lowest BCUT2D eigenvalue weighted by Gasteiger charge is -2.15. The van der Waals surface area contributed by atoms with E-state index in [9.17, 15) is 9.59 Å². The summed E-state index contributed by atoms with van der Waals surface area (Å²) in [5, 5.41) is 8.60. The molecule has 2 amide bonds. The van der Waals surface area contributed by atoms with Crippen molar-refractivity contribution in [3.8, 4) is 5.75 Å². The summed E-state index contributed by atoms with van der Waals surface area (Å²) in [4.78, 5) is 24.3. The van der Waals surface area contributed by atoms with Crippen LogP contribution in [0.2, 0.25) is 0 Å². The number of hydrogen-bond acceptors (Lipinski definition) is 4. The summed E-state index contributed by atoms with van der Waals surface area (Å²) in [5.41, 5.74) is 3.89. The Hall–Kier alpha value is -2.93. The zero-order valence-electron chi connectivity index (χ0n) is 16.7. The van der Waals surface area contributed by atoms with E-state index in [0.29, 0.717) is 22.7 Å². The number of carbonyl (C=O) groups is 2. The van der Waals surface area contributed by atoms with Gasteiger partial charge in [0, 0.05) is 23.2 Å². The molecule has 0 heterocycles. The maximum atomic E-state index is 12.4. The van der Waals surface area contributed by atoms with Gasteiger partial charge in [0.05, 0.1) is 12.8 Å². The molecule has 0 spiro atoms. The van der Waals surface area contributed by atoms with E-state index in [2.05, 4.69) is 16.0 Å². The van der Waals surface area contributed by atoms with Gasteiger partial charge in [-0.15, -0.1) is 0 Å². The number of anilines is 2. The van der Waals surface area contributed by atoms with Crippen LogP contribution >= 0.6 is 12.2 Å². The van der Waals surface area contributed by atoms with E-state index in [-0.39, 0.29) is 22.8 Å². The van der Waals surface area contributed by atoms with Gasteiger partial charge in [-0.3, -0.25) is 14.9 Å². The Balaban J connectivity index is 2.05. The molecule has 7 heteroatoms.